The van der Waals surface area contributed by atoms with Crippen molar-refractivity contribution in [3.05, 3.63) is 92.0 Å². The highest BCUT2D eigenvalue weighted by atomic mass is 16.3. The number of aromatic hydroxyl groups is 2. The average Bonchev–Trinajstić information content (AvgIpc) is 2.67. The summed E-state index contributed by atoms with van der Waals surface area (Å²) in [4.78, 5) is 0. The van der Waals surface area contributed by atoms with Crippen molar-refractivity contribution in [2.75, 3.05) is 0 Å². The minimum Gasteiger partial charge on any atom is -0.507 e. The molecule has 0 saturated heterocycles. The van der Waals surface area contributed by atoms with Gasteiger partial charge in [0, 0.05) is 5.92 Å². The topological polar surface area (TPSA) is 40.5 Å². The standard InChI is InChI=1S/C26H30O2/c1-14-8-10-21(11-9-14)24(22-12-15(2)25(27)19(6)17(22)4)23-13-16(3)26(28)20(7)18(23)5/h8-13,24,27-28H,1-7H3. The number of phenolic OH excluding ortho intramolecular Hbond substituents is 2. The van der Waals surface area contributed by atoms with E-state index in [0.717, 1.165) is 33.4 Å². The molecule has 28 heavy (non-hydrogen) atoms. The average molecular weight is 375 g/mol. The third-order valence-electron chi connectivity index (χ3n) is 6.23. The van der Waals surface area contributed by atoms with Gasteiger partial charge in [-0.15, -0.1) is 0 Å². The van der Waals surface area contributed by atoms with Gasteiger partial charge in [-0.2, -0.15) is 0 Å². The van der Waals surface area contributed by atoms with E-state index in [2.05, 4.69) is 57.2 Å². The zero-order chi connectivity index (χ0) is 20.7. The van der Waals surface area contributed by atoms with Crippen LogP contribution in [0, 0.1) is 48.5 Å². The summed E-state index contributed by atoms with van der Waals surface area (Å²) < 4.78 is 0. The van der Waals surface area contributed by atoms with Crippen molar-refractivity contribution in [1.82, 2.24) is 0 Å². The molecule has 0 fully saturated rings. The van der Waals surface area contributed by atoms with Gasteiger partial charge in [0.2, 0.25) is 0 Å². The van der Waals surface area contributed by atoms with Crippen LogP contribution >= 0.6 is 0 Å². The number of hydrogen-bond acceptors (Lipinski definition) is 2. The molecule has 0 amide bonds. The molecule has 0 bridgehead atoms. The monoisotopic (exact) mass is 374 g/mol. The highest BCUT2D eigenvalue weighted by Crippen LogP contribution is 2.42. The van der Waals surface area contributed by atoms with Crippen molar-refractivity contribution in [2.24, 2.45) is 0 Å². The lowest BCUT2D eigenvalue weighted by Gasteiger charge is -2.26. The first kappa shape index (κ1) is 20.0. The van der Waals surface area contributed by atoms with Crippen LogP contribution in [0.15, 0.2) is 36.4 Å². The van der Waals surface area contributed by atoms with E-state index in [0.29, 0.717) is 11.5 Å². The fourth-order valence-electron chi connectivity index (χ4n) is 4.08. The summed E-state index contributed by atoms with van der Waals surface area (Å²) in [5.74, 6) is 0.786. The van der Waals surface area contributed by atoms with E-state index in [4.69, 9.17) is 0 Å². The molecule has 3 rings (SSSR count). The normalized spacial score (nSPS) is 11.3. The smallest absolute Gasteiger partial charge is 0.121 e. The predicted octanol–water partition coefficient (Wildman–Crippen LogP) is 6.44. The van der Waals surface area contributed by atoms with E-state index in [1.807, 2.05) is 27.7 Å². The van der Waals surface area contributed by atoms with Gasteiger partial charge >= 0.3 is 0 Å². The van der Waals surface area contributed by atoms with Crippen LogP contribution in [-0.2, 0) is 0 Å². The Hall–Kier alpha value is -2.74. The molecule has 2 N–H and O–H groups in total. The summed E-state index contributed by atoms with van der Waals surface area (Å²) in [6.45, 7) is 14.1. The van der Waals surface area contributed by atoms with E-state index in [-0.39, 0.29) is 5.92 Å². The van der Waals surface area contributed by atoms with Gasteiger partial charge in [0.05, 0.1) is 0 Å². The molecule has 0 spiro atoms. The Morgan fingerprint density at radius 1 is 0.571 bits per heavy atom. The van der Waals surface area contributed by atoms with Gasteiger partial charge < -0.3 is 10.2 Å². The van der Waals surface area contributed by atoms with Crippen molar-refractivity contribution >= 4 is 0 Å². The van der Waals surface area contributed by atoms with Crippen LogP contribution < -0.4 is 0 Å². The van der Waals surface area contributed by atoms with Gasteiger partial charge in [-0.3, -0.25) is 0 Å². The molecule has 0 aliphatic heterocycles. The predicted molar refractivity (Wildman–Crippen MR) is 117 cm³/mol. The lowest BCUT2D eigenvalue weighted by molar-refractivity contribution is 0.465. The second kappa shape index (κ2) is 7.35. The van der Waals surface area contributed by atoms with Gasteiger partial charge in [0.1, 0.15) is 11.5 Å². The molecule has 3 aromatic rings. The first-order valence-corrected chi connectivity index (χ1v) is 9.79. The number of hydrogen-bond donors (Lipinski definition) is 2. The molecular weight excluding hydrogens is 344 g/mol. The summed E-state index contributed by atoms with van der Waals surface area (Å²) in [6.07, 6.45) is 0. The Kier molecular flexibility index (Phi) is 5.25. The summed E-state index contributed by atoms with van der Waals surface area (Å²) in [5, 5.41) is 20.8. The summed E-state index contributed by atoms with van der Waals surface area (Å²) in [5.41, 5.74) is 10.7. The van der Waals surface area contributed by atoms with Crippen molar-refractivity contribution in [1.29, 1.82) is 0 Å². The number of rotatable bonds is 3. The first-order valence-electron chi connectivity index (χ1n) is 9.79. The fourth-order valence-corrected chi connectivity index (χ4v) is 4.08. The largest absolute Gasteiger partial charge is 0.507 e. The molecule has 0 atom stereocenters. The van der Waals surface area contributed by atoms with Gasteiger partial charge in [0.25, 0.3) is 0 Å². The SMILES string of the molecule is Cc1ccc(C(c2cc(C)c(O)c(C)c2C)c2cc(C)c(O)c(C)c2C)cc1. The molecule has 146 valence electrons. The van der Waals surface area contributed by atoms with Crippen molar-refractivity contribution in [3.63, 3.8) is 0 Å². The van der Waals surface area contributed by atoms with Crippen molar-refractivity contribution in [2.45, 2.75) is 54.4 Å². The lowest BCUT2D eigenvalue weighted by atomic mass is 9.78. The van der Waals surface area contributed by atoms with Gasteiger partial charge in [-0.05, 0) is 98.5 Å². The Balaban J connectivity index is 2.38. The zero-order valence-electron chi connectivity index (χ0n) is 17.9. The van der Waals surface area contributed by atoms with E-state index in [1.54, 1.807) is 0 Å². The Bertz CT molecular complexity index is 980. The van der Waals surface area contributed by atoms with Crippen LogP contribution in [0.5, 0.6) is 11.5 Å². The molecule has 0 aliphatic carbocycles. The molecule has 0 radical (unpaired) electrons. The fraction of sp³-hybridized carbons (Fsp3) is 0.308. The van der Waals surface area contributed by atoms with Crippen LogP contribution in [-0.4, -0.2) is 10.2 Å². The number of phenols is 2. The minimum absolute atomic E-state index is 0.0385. The summed E-state index contributed by atoms with van der Waals surface area (Å²) >= 11 is 0. The second-order valence-electron chi connectivity index (χ2n) is 8.11. The molecule has 0 heterocycles. The molecule has 0 aromatic heterocycles. The van der Waals surface area contributed by atoms with E-state index in [1.165, 1.54) is 22.3 Å². The highest BCUT2D eigenvalue weighted by molar-refractivity contribution is 5.58. The van der Waals surface area contributed by atoms with Crippen LogP contribution in [0.2, 0.25) is 0 Å². The molecule has 0 aliphatic rings. The maximum atomic E-state index is 10.4. The van der Waals surface area contributed by atoms with Gasteiger partial charge in [-0.25, -0.2) is 0 Å². The zero-order valence-corrected chi connectivity index (χ0v) is 17.9. The third-order valence-corrected chi connectivity index (χ3v) is 6.23. The molecule has 2 heteroatoms. The van der Waals surface area contributed by atoms with Crippen LogP contribution in [0.1, 0.15) is 61.6 Å². The maximum Gasteiger partial charge on any atom is 0.121 e. The molecule has 0 unspecified atom stereocenters. The van der Waals surface area contributed by atoms with E-state index in [9.17, 15) is 10.2 Å². The number of aryl methyl sites for hydroxylation is 3. The lowest BCUT2D eigenvalue weighted by Crippen LogP contribution is -2.10. The summed E-state index contributed by atoms with van der Waals surface area (Å²) in [7, 11) is 0. The Morgan fingerprint density at radius 3 is 1.36 bits per heavy atom. The molecule has 0 saturated carbocycles. The van der Waals surface area contributed by atoms with Crippen molar-refractivity contribution in [3.8, 4) is 11.5 Å². The second-order valence-corrected chi connectivity index (χ2v) is 8.11. The number of benzene rings is 3. The summed E-state index contributed by atoms with van der Waals surface area (Å²) in [6, 6.07) is 12.9. The molecule has 3 aromatic carbocycles. The quantitative estimate of drug-likeness (QED) is 0.518. The third kappa shape index (κ3) is 3.28. The van der Waals surface area contributed by atoms with Crippen LogP contribution in [0.3, 0.4) is 0 Å². The van der Waals surface area contributed by atoms with Crippen LogP contribution in [0.4, 0.5) is 0 Å². The Labute approximate surface area is 168 Å². The van der Waals surface area contributed by atoms with Crippen LogP contribution in [0.25, 0.3) is 0 Å². The van der Waals surface area contributed by atoms with Gasteiger partial charge in [-0.1, -0.05) is 42.0 Å². The maximum absolute atomic E-state index is 10.4. The van der Waals surface area contributed by atoms with E-state index < -0.39 is 0 Å². The molecule has 2 nitrogen and oxygen atoms in total. The van der Waals surface area contributed by atoms with Gasteiger partial charge in [0.15, 0.2) is 0 Å². The van der Waals surface area contributed by atoms with E-state index >= 15 is 0 Å². The Morgan fingerprint density at radius 2 is 0.964 bits per heavy atom. The minimum atomic E-state index is 0.0385. The first-order chi connectivity index (χ1) is 13.1. The van der Waals surface area contributed by atoms with Crippen molar-refractivity contribution < 1.29 is 10.2 Å². The molecular formula is C26H30O2. The highest BCUT2D eigenvalue weighted by Gasteiger charge is 2.24.